The average Bonchev–Trinajstić information content (AvgIpc) is 3.21. The van der Waals surface area contributed by atoms with E-state index in [1.807, 2.05) is 49.4 Å². The first-order valence-corrected chi connectivity index (χ1v) is 12.7. The van der Waals surface area contributed by atoms with Crippen molar-refractivity contribution in [2.75, 3.05) is 0 Å². The fourth-order valence-electron chi connectivity index (χ4n) is 4.38. The lowest BCUT2D eigenvalue weighted by Crippen LogP contribution is -2.32. The monoisotopic (exact) mass is 501 g/mol. The first kappa shape index (κ1) is 25.5. The van der Waals surface area contributed by atoms with E-state index in [2.05, 4.69) is 41.6 Å². The number of nitrogens with one attached hydrogen (secondary N) is 1. The molecule has 0 aliphatic heterocycles. The third-order valence-electron chi connectivity index (χ3n) is 6.24. The zero-order chi connectivity index (χ0) is 25.7. The third-order valence-corrected chi connectivity index (χ3v) is 6.66. The Morgan fingerprint density at radius 3 is 2.42 bits per heavy atom. The molecule has 6 nitrogen and oxygen atoms in total. The largest absolute Gasteiger partial charge is 0.478 e. The fraction of sp³-hybridized carbons (Fsp3) is 0.276. The zero-order valence-electron chi connectivity index (χ0n) is 20.6. The number of rotatable bonds is 10. The van der Waals surface area contributed by atoms with Crippen molar-refractivity contribution in [1.82, 2.24) is 14.9 Å². The number of amides is 1. The molecule has 0 fully saturated rings. The number of carbonyl (C=O) groups is 2. The maximum Gasteiger partial charge on any atom is 0.335 e. The molecular weight excluding hydrogens is 470 g/mol. The highest BCUT2D eigenvalue weighted by atomic mass is 32.1. The number of fused-ring (bicyclic) bond motifs is 1. The molecule has 0 saturated carbocycles. The summed E-state index contributed by atoms with van der Waals surface area (Å²) in [5.74, 6) is -0.0353. The van der Waals surface area contributed by atoms with E-state index in [9.17, 15) is 14.7 Å². The van der Waals surface area contributed by atoms with Crippen LogP contribution in [-0.4, -0.2) is 31.8 Å². The second kappa shape index (κ2) is 11.4. The van der Waals surface area contributed by atoms with E-state index in [1.54, 1.807) is 12.1 Å². The quantitative estimate of drug-likeness (QED) is 0.261. The number of hydrogen-bond donors (Lipinski definition) is 3. The van der Waals surface area contributed by atoms with E-state index in [0.29, 0.717) is 19.5 Å². The molecule has 0 saturated heterocycles. The van der Waals surface area contributed by atoms with Crippen LogP contribution in [-0.2, 0) is 30.7 Å². The molecule has 0 spiro atoms. The van der Waals surface area contributed by atoms with Crippen LogP contribution in [0.25, 0.3) is 11.0 Å². The number of thiol groups is 1. The van der Waals surface area contributed by atoms with Crippen molar-refractivity contribution >= 4 is 35.5 Å². The standard InChI is InChI=1S/C29H31N3O3S/c1-3-7-26-31-27-19(2)14-22(17-30-28(33)25(36)16-20-8-5-4-6-9-20)15-24(27)32(26)18-21-10-12-23(13-11-21)29(34)35/h4-6,8-15,25,36H,3,7,16-18H2,1-2H3,(H,30,33)(H,34,35). The van der Waals surface area contributed by atoms with E-state index in [1.165, 1.54) is 0 Å². The van der Waals surface area contributed by atoms with E-state index in [-0.39, 0.29) is 11.5 Å². The minimum absolute atomic E-state index is 0.0985. The van der Waals surface area contributed by atoms with Crippen LogP contribution in [0.15, 0.2) is 66.7 Å². The van der Waals surface area contributed by atoms with Crippen molar-refractivity contribution < 1.29 is 14.7 Å². The Hall–Kier alpha value is -3.58. The Bertz CT molecular complexity index is 1360. The van der Waals surface area contributed by atoms with Gasteiger partial charge in [0.1, 0.15) is 5.82 Å². The van der Waals surface area contributed by atoms with Gasteiger partial charge in [-0.3, -0.25) is 4.79 Å². The van der Waals surface area contributed by atoms with Gasteiger partial charge >= 0.3 is 5.97 Å². The number of nitrogens with zero attached hydrogens (tertiary/aromatic N) is 2. The maximum atomic E-state index is 12.7. The number of imidazole rings is 1. The lowest BCUT2D eigenvalue weighted by molar-refractivity contribution is -0.120. The van der Waals surface area contributed by atoms with Crippen LogP contribution >= 0.6 is 12.6 Å². The molecule has 1 amide bonds. The first-order chi connectivity index (χ1) is 17.4. The normalized spacial score (nSPS) is 12.0. The van der Waals surface area contributed by atoms with Gasteiger partial charge in [0.25, 0.3) is 0 Å². The number of aromatic nitrogens is 2. The smallest absolute Gasteiger partial charge is 0.335 e. The molecule has 7 heteroatoms. The first-order valence-electron chi connectivity index (χ1n) is 12.2. The molecule has 1 heterocycles. The number of aromatic carboxylic acids is 1. The number of carboxylic acids is 1. The van der Waals surface area contributed by atoms with Gasteiger partial charge < -0.3 is 15.0 Å². The van der Waals surface area contributed by atoms with Crippen LogP contribution in [0.4, 0.5) is 0 Å². The summed E-state index contributed by atoms with van der Waals surface area (Å²) in [6, 6.07) is 21.0. The lowest BCUT2D eigenvalue weighted by atomic mass is 10.1. The predicted octanol–water partition coefficient (Wildman–Crippen LogP) is 5.20. The number of carbonyl (C=O) groups excluding carboxylic acids is 1. The average molecular weight is 502 g/mol. The molecule has 0 radical (unpaired) electrons. The second-order valence-corrected chi connectivity index (χ2v) is 9.69. The van der Waals surface area contributed by atoms with Gasteiger partial charge in [0.2, 0.25) is 5.91 Å². The van der Waals surface area contributed by atoms with Gasteiger partial charge in [-0.25, -0.2) is 9.78 Å². The Morgan fingerprint density at radius 1 is 1.03 bits per heavy atom. The third kappa shape index (κ3) is 5.97. The molecule has 1 aromatic heterocycles. The van der Waals surface area contributed by atoms with Crippen molar-refractivity contribution in [2.45, 2.75) is 51.4 Å². The van der Waals surface area contributed by atoms with E-state index >= 15 is 0 Å². The van der Waals surface area contributed by atoms with Crippen LogP contribution in [0.5, 0.6) is 0 Å². The number of carboxylic acid groups (broad SMARTS) is 1. The minimum atomic E-state index is -0.934. The summed E-state index contributed by atoms with van der Waals surface area (Å²) in [4.78, 5) is 28.8. The zero-order valence-corrected chi connectivity index (χ0v) is 21.5. The highest BCUT2D eigenvalue weighted by Crippen LogP contribution is 2.24. The van der Waals surface area contributed by atoms with Crippen molar-refractivity contribution in [3.8, 4) is 0 Å². The summed E-state index contributed by atoms with van der Waals surface area (Å²) >= 11 is 4.52. The van der Waals surface area contributed by atoms with E-state index < -0.39 is 11.2 Å². The molecule has 0 bridgehead atoms. The Morgan fingerprint density at radius 2 is 1.75 bits per heavy atom. The second-order valence-electron chi connectivity index (χ2n) is 9.07. The van der Waals surface area contributed by atoms with Crippen molar-refractivity contribution in [1.29, 1.82) is 0 Å². The molecule has 0 aliphatic rings. The van der Waals surface area contributed by atoms with Crippen LogP contribution in [0.1, 0.15) is 51.8 Å². The number of benzene rings is 3. The van der Waals surface area contributed by atoms with Crippen LogP contribution in [0.2, 0.25) is 0 Å². The van der Waals surface area contributed by atoms with Gasteiger partial charge in [-0.05, 0) is 60.2 Å². The molecule has 3 aromatic carbocycles. The summed E-state index contributed by atoms with van der Waals surface area (Å²) in [6.45, 7) is 5.17. The number of aryl methyl sites for hydroxylation is 2. The molecule has 4 rings (SSSR count). The molecule has 2 N–H and O–H groups in total. The van der Waals surface area contributed by atoms with Gasteiger partial charge in [0, 0.05) is 19.5 Å². The highest BCUT2D eigenvalue weighted by Gasteiger charge is 2.17. The topological polar surface area (TPSA) is 84.2 Å². The lowest BCUT2D eigenvalue weighted by Gasteiger charge is -2.13. The molecule has 1 atom stereocenters. The predicted molar refractivity (Wildman–Crippen MR) is 146 cm³/mol. The van der Waals surface area contributed by atoms with Crippen LogP contribution in [0, 0.1) is 6.92 Å². The summed E-state index contributed by atoms with van der Waals surface area (Å²) in [5.41, 5.74) is 6.37. The van der Waals surface area contributed by atoms with Gasteiger partial charge in [-0.15, -0.1) is 0 Å². The highest BCUT2D eigenvalue weighted by molar-refractivity contribution is 7.81. The summed E-state index contributed by atoms with van der Waals surface area (Å²) < 4.78 is 2.20. The summed E-state index contributed by atoms with van der Waals surface area (Å²) in [5, 5.41) is 11.8. The van der Waals surface area contributed by atoms with Crippen LogP contribution in [0.3, 0.4) is 0 Å². The number of hydrogen-bond acceptors (Lipinski definition) is 4. The SMILES string of the molecule is CCCc1nc2c(C)cc(CNC(=O)C(S)Cc3ccccc3)cc2n1Cc1ccc(C(=O)O)cc1. The van der Waals surface area contributed by atoms with Crippen molar-refractivity contribution in [3.05, 3.63) is 100 Å². The molecule has 1 unspecified atom stereocenters. The van der Waals surface area contributed by atoms with Gasteiger partial charge in [0.15, 0.2) is 0 Å². The molecule has 4 aromatic rings. The molecular formula is C29H31N3O3S. The van der Waals surface area contributed by atoms with Crippen LogP contribution < -0.4 is 5.32 Å². The van der Waals surface area contributed by atoms with E-state index in [4.69, 9.17) is 4.98 Å². The van der Waals surface area contributed by atoms with Gasteiger partial charge in [-0.1, -0.05) is 55.5 Å². The van der Waals surface area contributed by atoms with Gasteiger partial charge in [-0.2, -0.15) is 12.6 Å². The molecule has 36 heavy (non-hydrogen) atoms. The molecule has 186 valence electrons. The summed E-state index contributed by atoms with van der Waals surface area (Å²) in [7, 11) is 0. The summed E-state index contributed by atoms with van der Waals surface area (Å²) in [6.07, 6.45) is 2.38. The Kier molecular flexibility index (Phi) is 8.10. The Labute approximate surface area is 216 Å². The Balaban J connectivity index is 1.55. The fourth-order valence-corrected chi connectivity index (χ4v) is 4.68. The van der Waals surface area contributed by atoms with Gasteiger partial charge in [0.05, 0.1) is 21.8 Å². The van der Waals surface area contributed by atoms with Crippen molar-refractivity contribution in [3.63, 3.8) is 0 Å². The van der Waals surface area contributed by atoms with E-state index in [0.717, 1.165) is 52.0 Å². The van der Waals surface area contributed by atoms with Crippen molar-refractivity contribution in [2.24, 2.45) is 0 Å². The molecule has 0 aliphatic carbocycles. The minimum Gasteiger partial charge on any atom is -0.478 e. The maximum absolute atomic E-state index is 12.7.